The van der Waals surface area contributed by atoms with Gasteiger partial charge in [0.2, 0.25) is 5.75 Å². The molecule has 192 valence electrons. The molecule has 0 bridgehead atoms. The predicted molar refractivity (Wildman–Crippen MR) is 140 cm³/mol. The van der Waals surface area contributed by atoms with Crippen molar-refractivity contribution in [2.75, 3.05) is 33.3 Å². The van der Waals surface area contributed by atoms with Crippen LogP contribution in [0, 0.1) is 6.92 Å². The van der Waals surface area contributed by atoms with Crippen LogP contribution in [-0.2, 0) is 4.74 Å². The number of hydrogen-bond donors (Lipinski definition) is 1. The summed E-state index contributed by atoms with van der Waals surface area (Å²) in [5.74, 6) is -0.236. The average molecular weight is 524 g/mol. The first-order chi connectivity index (χ1) is 17.8. The number of amides is 1. The lowest BCUT2D eigenvalue weighted by atomic mass is 10.1. The Morgan fingerprint density at radius 3 is 2.35 bits per heavy atom. The maximum atomic E-state index is 13.6. The first kappa shape index (κ1) is 25.7. The lowest BCUT2D eigenvalue weighted by Gasteiger charge is -2.14. The van der Waals surface area contributed by atoms with Crippen LogP contribution in [0.15, 0.2) is 46.6 Å². The first-order valence-electron chi connectivity index (χ1n) is 11.2. The molecule has 1 N–H and O–H groups in total. The van der Waals surface area contributed by atoms with Crippen molar-refractivity contribution in [3.63, 3.8) is 0 Å². The number of hydrogen-bond acceptors (Lipinski definition) is 9. The minimum Gasteiger partial charge on any atom is -0.493 e. The van der Waals surface area contributed by atoms with Gasteiger partial charge in [0.25, 0.3) is 11.5 Å². The molecule has 0 aliphatic heterocycles. The molecule has 2 aromatic carbocycles. The Hall–Kier alpha value is -4.38. The van der Waals surface area contributed by atoms with Crippen LogP contribution in [0.5, 0.6) is 17.2 Å². The molecular weight excluding hydrogens is 498 g/mol. The zero-order valence-corrected chi connectivity index (χ0v) is 21.7. The monoisotopic (exact) mass is 523 g/mol. The molecule has 2 aromatic heterocycles. The van der Waals surface area contributed by atoms with E-state index in [0.717, 1.165) is 21.6 Å². The van der Waals surface area contributed by atoms with Gasteiger partial charge in [0.15, 0.2) is 17.2 Å². The number of nitrogens with one attached hydrogen (secondary N) is 1. The lowest BCUT2D eigenvalue weighted by molar-refractivity contribution is 0.0520. The smallest absolute Gasteiger partial charge is 0.359 e. The molecular formula is C26H25N3O7S. The second-order valence-electron chi connectivity index (χ2n) is 7.85. The lowest BCUT2D eigenvalue weighted by Crippen LogP contribution is -2.25. The van der Waals surface area contributed by atoms with Crippen molar-refractivity contribution in [3.05, 3.63) is 69.0 Å². The summed E-state index contributed by atoms with van der Waals surface area (Å²) >= 11 is 1.10. The molecule has 0 spiro atoms. The third kappa shape index (κ3) is 4.85. The highest BCUT2D eigenvalue weighted by Gasteiger charge is 2.24. The fraction of sp³-hybridized carbons (Fsp3) is 0.231. The van der Waals surface area contributed by atoms with Crippen molar-refractivity contribution in [2.24, 2.45) is 0 Å². The number of carbonyl (C=O) groups is 2. The topological polar surface area (TPSA) is 118 Å². The molecule has 0 atom stereocenters. The number of esters is 1. The normalized spacial score (nSPS) is 10.7. The molecule has 0 aliphatic carbocycles. The van der Waals surface area contributed by atoms with Crippen molar-refractivity contribution in [1.29, 1.82) is 0 Å². The molecule has 0 saturated heterocycles. The van der Waals surface area contributed by atoms with Crippen LogP contribution in [0.3, 0.4) is 0 Å². The van der Waals surface area contributed by atoms with Crippen LogP contribution in [-0.4, -0.2) is 49.6 Å². The van der Waals surface area contributed by atoms with E-state index in [1.807, 2.05) is 13.0 Å². The molecule has 2 heterocycles. The zero-order chi connectivity index (χ0) is 26.7. The standard InChI is InChI=1S/C26H25N3O7S/c1-6-36-26(32)21-17-13-37-24(20(17)25(31)29(28-21)16-9-7-8-14(2)10-16)27-23(30)15-11-18(33-3)22(35-5)19(12-15)34-4/h7-13H,6H2,1-5H3,(H,27,30). The maximum Gasteiger partial charge on any atom is 0.359 e. The van der Waals surface area contributed by atoms with Crippen molar-refractivity contribution in [1.82, 2.24) is 9.78 Å². The zero-order valence-electron chi connectivity index (χ0n) is 20.9. The van der Waals surface area contributed by atoms with E-state index in [9.17, 15) is 14.4 Å². The van der Waals surface area contributed by atoms with Gasteiger partial charge in [0.05, 0.1) is 39.0 Å². The van der Waals surface area contributed by atoms with Gasteiger partial charge in [-0.1, -0.05) is 12.1 Å². The minimum absolute atomic E-state index is 0.0255. The Morgan fingerprint density at radius 1 is 1.05 bits per heavy atom. The second kappa shape index (κ2) is 10.7. The fourth-order valence-corrected chi connectivity index (χ4v) is 4.75. The summed E-state index contributed by atoms with van der Waals surface area (Å²) in [6.07, 6.45) is 0. The van der Waals surface area contributed by atoms with E-state index in [1.54, 1.807) is 30.5 Å². The summed E-state index contributed by atoms with van der Waals surface area (Å²) in [6.45, 7) is 3.70. The van der Waals surface area contributed by atoms with Crippen LogP contribution in [0.2, 0.25) is 0 Å². The molecule has 4 rings (SSSR count). The van der Waals surface area contributed by atoms with Crippen molar-refractivity contribution in [3.8, 4) is 22.9 Å². The molecule has 0 radical (unpaired) electrons. The summed E-state index contributed by atoms with van der Waals surface area (Å²) in [5, 5.41) is 9.40. The summed E-state index contributed by atoms with van der Waals surface area (Å²) in [4.78, 5) is 39.6. The quantitative estimate of drug-likeness (QED) is 0.341. The first-order valence-corrected chi connectivity index (χ1v) is 12.1. The van der Waals surface area contributed by atoms with Crippen LogP contribution < -0.4 is 25.1 Å². The van der Waals surface area contributed by atoms with Gasteiger partial charge in [-0.15, -0.1) is 11.3 Å². The number of fused-ring (bicyclic) bond motifs is 1. The van der Waals surface area contributed by atoms with E-state index in [0.29, 0.717) is 22.9 Å². The van der Waals surface area contributed by atoms with Gasteiger partial charge in [-0.25, -0.2) is 4.79 Å². The summed E-state index contributed by atoms with van der Waals surface area (Å²) in [5.41, 5.74) is 1.09. The van der Waals surface area contributed by atoms with Crippen molar-refractivity contribution >= 4 is 39.0 Å². The molecule has 0 unspecified atom stereocenters. The second-order valence-corrected chi connectivity index (χ2v) is 8.73. The Balaban J connectivity index is 1.86. The number of aryl methyl sites for hydroxylation is 1. The summed E-state index contributed by atoms with van der Waals surface area (Å²) < 4.78 is 22.3. The van der Waals surface area contributed by atoms with Crippen molar-refractivity contribution in [2.45, 2.75) is 13.8 Å². The van der Waals surface area contributed by atoms with Gasteiger partial charge in [-0.2, -0.15) is 9.78 Å². The molecule has 0 fully saturated rings. The van der Waals surface area contributed by atoms with Gasteiger partial charge in [0, 0.05) is 16.3 Å². The van der Waals surface area contributed by atoms with Gasteiger partial charge < -0.3 is 24.3 Å². The van der Waals surface area contributed by atoms with E-state index in [1.165, 1.54) is 33.5 Å². The molecule has 10 nitrogen and oxygen atoms in total. The number of benzene rings is 2. The van der Waals surface area contributed by atoms with Gasteiger partial charge in [-0.05, 0) is 43.7 Å². The van der Waals surface area contributed by atoms with E-state index in [-0.39, 0.29) is 33.6 Å². The minimum atomic E-state index is -0.672. The summed E-state index contributed by atoms with van der Waals surface area (Å²) in [7, 11) is 4.36. The third-order valence-corrected chi connectivity index (χ3v) is 6.42. The molecule has 0 saturated carbocycles. The van der Waals surface area contributed by atoms with Gasteiger partial charge in [0.1, 0.15) is 5.00 Å². The van der Waals surface area contributed by atoms with E-state index in [4.69, 9.17) is 18.9 Å². The number of thiophene rings is 1. The Bertz CT molecular complexity index is 1530. The maximum absolute atomic E-state index is 13.6. The number of carbonyl (C=O) groups excluding carboxylic acids is 2. The molecule has 11 heteroatoms. The van der Waals surface area contributed by atoms with Crippen LogP contribution in [0.1, 0.15) is 33.3 Å². The highest BCUT2D eigenvalue weighted by molar-refractivity contribution is 7.16. The van der Waals surface area contributed by atoms with Crippen LogP contribution in [0.4, 0.5) is 5.00 Å². The highest BCUT2D eigenvalue weighted by atomic mass is 32.1. The number of anilines is 1. The van der Waals surface area contributed by atoms with Crippen LogP contribution in [0.25, 0.3) is 16.5 Å². The SMILES string of the molecule is CCOC(=O)c1nn(-c2cccc(C)c2)c(=O)c2c(NC(=O)c3cc(OC)c(OC)c(OC)c3)scc12. The predicted octanol–water partition coefficient (Wildman–Crippen LogP) is 4.21. The Morgan fingerprint density at radius 2 is 1.76 bits per heavy atom. The molecule has 37 heavy (non-hydrogen) atoms. The summed E-state index contributed by atoms with van der Waals surface area (Å²) in [6, 6.07) is 10.2. The molecule has 4 aromatic rings. The fourth-order valence-electron chi connectivity index (χ4n) is 3.81. The van der Waals surface area contributed by atoms with E-state index >= 15 is 0 Å². The van der Waals surface area contributed by atoms with Crippen molar-refractivity contribution < 1.29 is 28.5 Å². The van der Waals surface area contributed by atoms with E-state index < -0.39 is 17.4 Å². The Labute approximate surface area is 216 Å². The third-order valence-electron chi connectivity index (χ3n) is 5.52. The van der Waals surface area contributed by atoms with E-state index in [2.05, 4.69) is 10.4 Å². The molecule has 0 aliphatic rings. The number of aromatic nitrogens is 2. The number of rotatable bonds is 8. The number of methoxy groups -OCH3 is 3. The van der Waals surface area contributed by atoms with Gasteiger partial charge in [-0.3, -0.25) is 9.59 Å². The van der Waals surface area contributed by atoms with Crippen LogP contribution >= 0.6 is 11.3 Å². The number of ether oxygens (including phenoxy) is 4. The van der Waals surface area contributed by atoms with Gasteiger partial charge >= 0.3 is 5.97 Å². The molecule has 1 amide bonds. The highest BCUT2D eigenvalue weighted by Crippen LogP contribution is 2.39. The number of nitrogens with zero attached hydrogens (tertiary/aromatic N) is 2. The largest absolute Gasteiger partial charge is 0.493 e. The average Bonchev–Trinajstić information content (AvgIpc) is 3.31. The Kier molecular flexibility index (Phi) is 7.44.